The zero-order chi connectivity index (χ0) is 22.6. The van der Waals surface area contributed by atoms with Crippen LogP contribution in [0.25, 0.3) is 0 Å². The van der Waals surface area contributed by atoms with E-state index in [-0.39, 0.29) is 35.2 Å². The molecule has 0 radical (unpaired) electrons. The van der Waals surface area contributed by atoms with E-state index in [4.69, 9.17) is 0 Å². The van der Waals surface area contributed by atoms with Crippen molar-refractivity contribution in [2.24, 2.45) is 11.8 Å². The fourth-order valence-corrected chi connectivity index (χ4v) is 7.41. The molecular formula is C32H22O2. The van der Waals surface area contributed by atoms with Gasteiger partial charge in [-0.25, -0.2) is 0 Å². The quantitative estimate of drug-likeness (QED) is 0.293. The number of hydrogen-bond acceptors (Lipinski definition) is 2. The lowest BCUT2D eigenvalue weighted by atomic mass is 9.49. The second kappa shape index (κ2) is 6.42. The Hall–Kier alpha value is -3.78. The highest BCUT2D eigenvalue weighted by Crippen LogP contribution is 2.61. The SMILES string of the molecule is O=C1c2ccccc2C(=O)[C@H]2[C@H]3c4ccccc4[C@H](c4cc5c(cc43)Cc3ccccc3C5)[C@@H]12. The van der Waals surface area contributed by atoms with Gasteiger partial charge in [-0.2, -0.15) is 0 Å². The van der Waals surface area contributed by atoms with Crippen LogP contribution >= 0.6 is 0 Å². The van der Waals surface area contributed by atoms with Crippen molar-refractivity contribution in [1.82, 2.24) is 0 Å². The molecule has 0 heterocycles. The topological polar surface area (TPSA) is 34.1 Å². The van der Waals surface area contributed by atoms with Crippen LogP contribution in [0, 0.1) is 11.8 Å². The van der Waals surface area contributed by atoms with Crippen LogP contribution in [0.5, 0.6) is 0 Å². The van der Waals surface area contributed by atoms with E-state index in [1.54, 1.807) is 0 Å². The highest BCUT2D eigenvalue weighted by Gasteiger charge is 2.57. The number of rotatable bonds is 0. The molecule has 2 bridgehead atoms. The molecule has 5 aliphatic rings. The van der Waals surface area contributed by atoms with E-state index in [2.05, 4.69) is 60.7 Å². The van der Waals surface area contributed by atoms with Crippen LogP contribution in [0.1, 0.15) is 77.1 Å². The summed E-state index contributed by atoms with van der Waals surface area (Å²) in [6, 6.07) is 29.4. The van der Waals surface area contributed by atoms with Crippen LogP contribution in [0.3, 0.4) is 0 Å². The maximum Gasteiger partial charge on any atom is 0.168 e. The number of carbonyl (C=O) groups excluding carboxylic acids is 2. The molecule has 4 aromatic rings. The number of benzene rings is 4. The van der Waals surface area contributed by atoms with E-state index >= 15 is 0 Å². The molecule has 2 heteroatoms. The molecule has 34 heavy (non-hydrogen) atoms. The van der Waals surface area contributed by atoms with Gasteiger partial charge in [-0.3, -0.25) is 9.59 Å². The minimum Gasteiger partial charge on any atom is -0.294 e. The Morgan fingerprint density at radius 3 is 1.35 bits per heavy atom. The van der Waals surface area contributed by atoms with E-state index in [9.17, 15) is 9.59 Å². The summed E-state index contributed by atoms with van der Waals surface area (Å²) in [5, 5.41) is 0. The first-order valence-electron chi connectivity index (χ1n) is 12.2. The smallest absolute Gasteiger partial charge is 0.168 e. The maximum absolute atomic E-state index is 13.9. The van der Waals surface area contributed by atoms with Crippen LogP contribution in [0.4, 0.5) is 0 Å². The summed E-state index contributed by atoms with van der Waals surface area (Å²) < 4.78 is 0. The highest BCUT2D eigenvalue weighted by molar-refractivity contribution is 6.17. The summed E-state index contributed by atoms with van der Waals surface area (Å²) in [4.78, 5) is 27.8. The van der Waals surface area contributed by atoms with E-state index in [0.717, 1.165) is 12.8 Å². The molecule has 9 rings (SSSR count). The predicted molar refractivity (Wildman–Crippen MR) is 131 cm³/mol. The van der Waals surface area contributed by atoms with Gasteiger partial charge in [0.15, 0.2) is 11.6 Å². The molecule has 5 aliphatic carbocycles. The number of hydrogen-bond donors (Lipinski definition) is 0. The van der Waals surface area contributed by atoms with Gasteiger partial charge in [-0.05, 0) is 57.3 Å². The molecule has 0 unspecified atom stereocenters. The standard InChI is InChI=1S/C32H22O2/c33-31-23-11-5-6-12-24(23)32(34)30-28-22-10-4-3-9-21(22)27(29(30)31)25-15-19-13-17-7-1-2-8-18(17)14-20(19)16-26(25)28/h1-12,15-16,27-30H,13-14H2/t27-,28+,29-,30+. The van der Waals surface area contributed by atoms with Crippen molar-refractivity contribution in [3.63, 3.8) is 0 Å². The van der Waals surface area contributed by atoms with Gasteiger partial charge in [0.2, 0.25) is 0 Å². The molecule has 0 spiro atoms. The van der Waals surface area contributed by atoms with Crippen molar-refractivity contribution in [3.05, 3.63) is 141 Å². The molecule has 0 aliphatic heterocycles. The summed E-state index contributed by atoms with van der Waals surface area (Å²) in [7, 11) is 0. The second-order valence-electron chi connectivity index (χ2n) is 10.3. The molecule has 0 saturated carbocycles. The molecule has 4 atom stereocenters. The van der Waals surface area contributed by atoms with Crippen LogP contribution < -0.4 is 0 Å². The minimum atomic E-state index is -0.316. The summed E-state index contributed by atoms with van der Waals surface area (Å²) in [5.41, 5.74) is 11.7. The molecule has 0 aromatic heterocycles. The van der Waals surface area contributed by atoms with Crippen LogP contribution in [0.15, 0.2) is 84.9 Å². The van der Waals surface area contributed by atoms with Gasteiger partial charge in [0.05, 0.1) is 0 Å². The Bertz CT molecular complexity index is 1460. The van der Waals surface area contributed by atoms with E-state index in [1.807, 2.05) is 24.3 Å². The third-order valence-electron chi connectivity index (χ3n) is 8.79. The lowest BCUT2D eigenvalue weighted by molar-refractivity contribution is 0.0664. The highest BCUT2D eigenvalue weighted by atomic mass is 16.1. The van der Waals surface area contributed by atoms with Crippen molar-refractivity contribution in [3.8, 4) is 0 Å². The minimum absolute atomic E-state index is 0.0616. The first-order valence-corrected chi connectivity index (χ1v) is 12.2. The Morgan fingerprint density at radius 1 is 0.471 bits per heavy atom. The van der Waals surface area contributed by atoms with Crippen molar-refractivity contribution >= 4 is 11.6 Å². The van der Waals surface area contributed by atoms with Crippen molar-refractivity contribution in [2.75, 3.05) is 0 Å². The van der Waals surface area contributed by atoms with Crippen LogP contribution in [-0.2, 0) is 12.8 Å². The fraction of sp³-hybridized carbons (Fsp3) is 0.188. The largest absolute Gasteiger partial charge is 0.294 e. The third kappa shape index (κ3) is 2.21. The van der Waals surface area contributed by atoms with Crippen molar-refractivity contribution < 1.29 is 9.59 Å². The lowest BCUT2D eigenvalue weighted by Crippen LogP contribution is -2.50. The number of ketones is 2. The second-order valence-corrected chi connectivity index (χ2v) is 10.3. The van der Waals surface area contributed by atoms with E-state index in [1.165, 1.54) is 44.5 Å². The first-order chi connectivity index (χ1) is 16.7. The maximum atomic E-state index is 13.9. The Labute approximate surface area is 198 Å². The van der Waals surface area contributed by atoms with Gasteiger partial charge in [0.25, 0.3) is 0 Å². The van der Waals surface area contributed by atoms with Crippen LogP contribution in [-0.4, -0.2) is 11.6 Å². The number of carbonyl (C=O) groups is 2. The fourth-order valence-electron chi connectivity index (χ4n) is 7.41. The molecule has 0 amide bonds. The van der Waals surface area contributed by atoms with Gasteiger partial charge in [0.1, 0.15) is 0 Å². The summed E-state index contributed by atoms with van der Waals surface area (Å²) in [6.07, 6.45) is 1.86. The normalized spacial score (nSPS) is 24.9. The summed E-state index contributed by atoms with van der Waals surface area (Å²) in [6.45, 7) is 0. The van der Waals surface area contributed by atoms with E-state index < -0.39 is 0 Å². The summed E-state index contributed by atoms with van der Waals surface area (Å²) >= 11 is 0. The van der Waals surface area contributed by atoms with Crippen molar-refractivity contribution in [1.29, 1.82) is 0 Å². The summed E-state index contributed by atoms with van der Waals surface area (Å²) in [5.74, 6) is -0.480. The van der Waals surface area contributed by atoms with Crippen molar-refractivity contribution in [2.45, 2.75) is 24.7 Å². The van der Waals surface area contributed by atoms with Crippen LogP contribution in [0.2, 0.25) is 0 Å². The Kier molecular flexibility index (Phi) is 3.52. The monoisotopic (exact) mass is 438 g/mol. The molecular weight excluding hydrogens is 416 g/mol. The van der Waals surface area contributed by atoms with Gasteiger partial charge in [-0.15, -0.1) is 0 Å². The zero-order valence-electron chi connectivity index (χ0n) is 18.6. The molecule has 0 N–H and O–H groups in total. The van der Waals surface area contributed by atoms with Gasteiger partial charge >= 0.3 is 0 Å². The number of fused-ring (bicyclic) bond motifs is 3. The number of Topliss-reactive ketones (excluding diaryl/α,β-unsaturated/α-hetero) is 2. The van der Waals surface area contributed by atoms with Gasteiger partial charge < -0.3 is 0 Å². The third-order valence-corrected chi connectivity index (χ3v) is 8.79. The van der Waals surface area contributed by atoms with E-state index in [0.29, 0.717) is 11.1 Å². The molecule has 4 aromatic carbocycles. The molecule has 0 fully saturated rings. The molecule has 162 valence electrons. The Balaban J connectivity index is 1.38. The van der Waals surface area contributed by atoms with Gasteiger partial charge in [-0.1, -0.05) is 84.9 Å². The average molecular weight is 439 g/mol. The first kappa shape index (κ1) is 18.6. The zero-order valence-corrected chi connectivity index (χ0v) is 18.6. The molecule has 2 nitrogen and oxygen atoms in total. The lowest BCUT2D eigenvalue weighted by Gasteiger charge is -2.51. The predicted octanol–water partition coefficient (Wildman–Crippen LogP) is 6.08. The molecule has 0 saturated heterocycles. The average Bonchev–Trinajstić information content (AvgIpc) is 2.89. The van der Waals surface area contributed by atoms with Gasteiger partial charge in [0, 0.05) is 34.8 Å². The Morgan fingerprint density at radius 2 is 0.882 bits per heavy atom.